The van der Waals surface area contributed by atoms with Crippen LogP contribution in [0.25, 0.3) is 10.9 Å². The maximum absolute atomic E-state index is 13.7. The summed E-state index contributed by atoms with van der Waals surface area (Å²) in [5, 5.41) is 2.31. The number of benzene rings is 2. The van der Waals surface area contributed by atoms with Gasteiger partial charge in [0, 0.05) is 17.3 Å². The number of carbonyl (C=O) groups excluding carboxylic acids is 1. The highest BCUT2D eigenvalue weighted by molar-refractivity contribution is 7.90. The van der Waals surface area contributed by atoms with Crippen molar-refractivity contribution in [1.29, 1.82) is 0 Å². The third-order valence-electron chi connectivity index (χ3n) is 4.05. The van der Waals surface area contributed by atoms with E-state index < -0.39 is 44.4 Å². The molecule has 0 spiro atoms. The van der Waals surface area contributed by atoms with Crippen LogP contribution in [-0.4, -0.2) is 24.0 Å². The summed E-state index contributed by atoms with van der Waals surface area (Å²) in [7, 11) is -4.39. The summed E-state index contributed by atoms with van der Waals surface area (Å²) in [5.74, 6) is -1.01. The molecule has 1 aromatic heterocycles. The molecule has 0 radical (unpaired) electrons. The Morgan fingerprint density at radius 2 is 1.80 bits per heavy atom. The van der Waals surface area contributed by atoms with Crippen LogP contribution >= 0.6 is 0 Å². The number of hydrogen-bond acceptors (Lipinski definition) is 4. The summed E-state index contributed by atoms with van der Waals surface area (Å²) >= 11 is 0. The van der Waals surface area contributed by atoms with E-state index in [0.29, 0.717) is 3.97 Å². The summed E-state index contributed by atoms with van der Waals surface area (Å²) in [5.41, 5.74) is -1.40. The molecule has 6 nitrogen and oxygen atoms in total. The first-order valence-electron chi connectivity index (χ1n) is 8.83. The zero-order valence-corrected chi connectivity index (χ0v) is 17.1. The zero-order chi connectivity index (χ0) is 22.3. The minimum atomic E-state index is -4.39. The van der Waals surface area contributed by atoms with Crippen LogP contribution in [0.3, 0.4) is 0 Å². The van der Waals surface area contributed by atoms with E-state index in [1.807, 2.05) is 0 Å². The van der Waals surface area contributed by atoms with Gasteiger partial charge in [0.2, 0.25) is 0 Å². The maximum Gasteiger partial charge on any atom is 0.413 e. The lowest BCUT2D eigenvalue weighted by molar-refractivity contribution is 0.152. The van der Waals surface area contributed by atoms with Crippen LogP contribution in [-0.2, 0) is 10.0 Å². The molecule has 0 fully saturated rings. The van der Waals surface area contributed by atoms with Crippen LogP contribution in [0.4, 0.5) is 18.0 Å². The molecule has 1 heterocycles. The minimum absolute atomic E-state index is 0.129. The van der Waals surface area contributed by atoms with Crippen LogP contribution in [0.15, 0.2) is 53.6 Å². The summed E-state index contributed by atoms with van der Waals surface area (Å²) in [4.78, 5) is 11.7. The second kappa shape index (κ2) is 7.67. The SMILES string of the molecule is CC(C)(C)NC(=O)Oc1cccc2c1c(C(F)F)cn2S(=O)(=O)c1cccc(F)c1. The third kappa shape index (κ3) is 4.28. The molecule has 0 aliphatic heterocycles. The number of carbonyl (C=O) groups is 1. The highest BCUT2D eigenvalue weighted by Gasteiger charge is 2.27. The van der Waals surface area contributed by atoms with Crippen molar-refractivity contribution in [1.82, 2.24) is 9.29 Å². The highest BCUT2D eigenvalue weighted by Crippen LogP contribution is 2.37. The van der Waals surface area contributed by atoms with E-state index in [-0.39, 0.29) is 16.7 Å². The molecule has 0 unspecified atom stereocenters. The van der Waals surface area contributed by atoms with Crippen LogP contribution in [0.2, 0.25) is 0 Å². The number of nitrogens with one attached hydrogen (secondary N) is 1. The lowest BCUT2D eigenvalue weighted by Crippen LogP contribution is -2.42. The monoisotopic (exact) mass is 440 g/mol. The van der Waals surface area contributed by atoms with Gasteiger partial charge in [0.15, 0.2) is 0 Å². The summed E-state index contributed by atoms with van der Waals surface area (Å²) in [6.07, 6.45) is -3.17. The second-order valence-corrected chi connectivity index (χ2v) is 9.37. The number of ether oxygens (including phenoxy) is 1. The number of rotatable bonds is 4. The van der Waals surface area contributed by atoms with Gasteiger partial charge in [-0.2, -0.15) is 0 Å². The van der Waals surface area contributed by atoms with Gasteiger partial charge in [0.1, 0.15) is 11.6 Å². The van der Waals surface area contributed by atoms with Crippen molar-refractivity contribution in [3.63, 3.8) is 0 Å². The van der Waals surface area contributed by atoms with Crippen LogP contribution in [0, 0.1) is 5.82 Å². The fourth-order valence-electron chi connectivity index (χ4n) is 2.88. The molecule has 0 aliphatic carbocycles. The smallest absolute Gasteiger partial charge is 0.410 e. The Hall–Kier alpha value is -3.01. The molecule has 0 aliphatic rings. The first kappa shape index (κ1) is 21.7. The zero-order valence-electron chi connectivity index (χ0n) is 16.3. The molecule has 0 atom stereocenters. The standard InChI is InChI=1S/C20H19F3N2O4S/c1-20(2,3)24-19(26)29-16-9-5-8-15-17(16)14(18(22)23)11-25(15)30(27,28)13-7-4-6-12(21)10-13/h4-11,18H,1-3H3,(H,24,26). The van der Waals surface area contributed by atoms with Gasteiger partial charge < -0.3 is 10.1 Å². The number of amides is 1. The fourth-order valence-corrected chi connectivity index (χ4v) is 4.28. The predicted molar refractivity (Wildman–Crippen MR) is 105 cm³/mol. The van der Waals surface area contributed by atoms with Crippen molar-refractivity contribution >= 4 is 27.0 Å². The lowest BCUT2D eigenvalue weighted by atomic mass is 10.1. The molecule has 0 saturated heterocycles. The molecular formula is C20H19F3N2O4S. The normalized spacial score (nSPS) is 12.4. The van der Waals surface area contributed by atoms with Crippen molar-refractivity contribution in [3.8, 4) is 5.75 Å². The first-order chi connectivity index (χ1) is 13.9. The van der Waals surface area contributed by atoms with Crippen molar-refractivity contribution in [2.75, 3.05) is 0 Å². The predicted octanol–water partition coefficient (Wildman–Crippen LogP) is 4.84. The molecule has 160 valence electrons. The fraction of sp³-hybridized carbons (Fsp3) is 0.250. The molecule has 0 saturated carbocycles. The molecule has 1 amide bonds. The molecule has 2 aromatic carbocycles. The van der Waals surface area contributed by atoms with Gasteiger partial charge >= 0.3 is 6.09 Å². The van der Waals surface area contributed by atoms with E-state index in [9.17, 15) is 26.4 Å². The Morgan fingerprint density at radius 1 is 1.13 bits per heavy atom. The topological polar surface area (TPSA) is 77.4 Å². The van der Waals surface area contributed by atoms with Gasteiger partial charge in [-0.05, 0) is 51.1 Å². The van der Waals surface area contributed by atoms with Crippen molar-refractivity contribution in [2.45, 2.75) is 37.6 Å². The van der Waals surface area contributed by atoms with E-state index in [2.05, 4.69) is 5.32 Å². The lowest BCUT2D eigenvalue weighted by Gasteiger charge is -2.20. The van der Waals surface area contributed by atoms with Gasteiger partial charge in [-0.15, -0.1) is 0 Å². The number of fused-ring (bicyclic) bond motifs is 1. The Labute approximate surface area is 171 Å². The van der Waals surface area contributed by atoms with Gasteiger partial charge in [0.25, 0.3) is 16.4 Å². The summed E-state index contributed by atoms with van der Waals surface area (Å²) < 4.78 is 72.8. The highest BCUT2D eigenvalue weighted by atomic mass is 32.2. The molecular weight excluding hydrogens is 421 g/mol. The van der Waals surface area contributed by atoms with E-state index in [4.69, 9.17) is 4.74 Å². The molecule has 3 aromatic rings. The number of alkyl halides is 2. The second-order valence-electron chi connectivity index (χ2n) is 7.56. The van der Waals surface area contributed by atoms with E-state index in [0.717, 1.165) is 24.4 Å². The molecule has 30 heavy (non-hydrogen) atoms. The first-order valence-corrected chi connectivity index (χ1v) is 10.3. The number of halogens is 3. The molecule has 3 rings (SSSR count). The van der Waals surface area contributed by atoms with Crippen molar-refractivity contribution in [3.05, 3.63) is 60.0 Å². The van der Waals surface area contributed by atoms with Gasteiger partial charge in [-0.3, -0.25) is 0 Å². The Bertz CT molecular complexity index is 1210. The molecule has 1 N–H and O–H groups in total. The van der Waals surface area contributed by atoms with Gasteiger partial charge in [0.05, 0.1) is 15.8 Å². The van der Waals surface area contributed by atoms with E-state index >= 15 is 0 Å². The maximum atomic E-state index is 13.7. The average Bonchev–Trinajstić information content (AvgIpc) is 3.02. The van der Waals surface area contributed by atoms with E-state index in [1.54, 1.807) is 20.8 Å². The minimum Gasteiger partial charge on any atom is -0.410 e. The van der Waals surface area contributed by atoms with Gasteiger partial charge in [-0.1, -0.05) is 12.1 Å². The van der Waals surface area contributed by atoms with Crippen LogP contribution in [0.1, 0.15) is 32.8 Å². The van der Waals surface area contributed by atoms with Gasteiger partial charge in [-0.25, -0.2) is 30.4 Å². The average molecular weight is 440 g/mol. The number of nitrogens with zero attached hydrogens (tertiary/aromatic N) is 1. The van der Waals surface area contributed by atoms with Crippen molar-refractivity contribution < 1.29 is 31.1 Å². The largest absolute Gasteiger partial charge is 0.413 e. The van der Waals surface area contributed by atoms with E-state index in [1.165, 1.54) is 24.3 Å². The van der Waals surface area contributed by atoms with Crippen LogP contribution in [0.5, 0.6) is 5.75 Å². The summed E-state index contributed by atoms with van der Waals surface area (Å²) in [6.45, 7) is 5.13. The van der Waals surface area contributed by atoms with Crippen molar-refractivity contribution in [2.24, 2.45) is 0 Å². The quantitative estimate of drug-likeness (QED) is 0.630. The molecule has 0 bridgehead atoms. The molecule has 10 heteroatoms. The summed E-state index contributed by atoms with van der Waals surface area (Å²) in [6, 6.07) is 8.17. The Morgan fingerprint density at radius 3 is 2.40 bits per heavy atom. The Balaban J connectivity index is 2.18. The number of hydrogen-bond donors (Lipinski definition) is 1. The third-order valence-corrected chi connectivity index (χ3v) is 5.72. The number of aromatic nitrogens is 1. The Kier molecular flexibility index (Phi) is 5.55. The van der Waals surface area contributed by atoms with Crippen LogP contribution < -0.4 is 10.1 Å².